The first-order valence-electron chi connectivity index (χ1n) is 6.81. The van der Waals surface area contributed by atoms with Gasteiger partial charge in [0.1, 0.15) is 4.90 Å². The zero-order chi connectivity index (χ0) is 14.6. The minimum absolute atomic E-state index is 0.0772. The van der Waals surface area contributed by atoms with E-state index in [1.165, 1.54) is 17.1 Å². The standard InChI is InChI=1S/C12H21N3O4S/c1-2-12-10(3-6-19-12)7-14-20(17,18)11-8-13-15(9-11)4-5-16/h8-10,12,14,16H,2-7H2,1H3. The number of ether oxygens (including phenoxy) is 1. The van der Waals surface area contributed by atoms with Crippen molar-refractivity contribution in [1.29, 1.82) is 0 Å². The van der Waals surface area contributed by atoms with Crippen molar-refractivity contribution in [2.75, 3.05) is 19.8 Å². The molecule has 0 amide bonds. The molecule has 2 atom stereocenters. The van der Waals surface area contributed by atoms with Gasteiger partial charge in [-0.05, 0) is 12.8 Å². The van der Waals surface area contributed by atoms with E-state index in [4.69, 9.17) is 9.84 Å². The summed E-state index contributed by atoms with van der Waals surface area (Å²) < 4.78 is 33.8. The van der Waals surface area contributed by atoms with E-state index in [-0.39, 0.29) is 30.1 Å². The number of hydrogen-bond donors (Lipinski definition) is 2. The molecule has 0 saturated carbocycles. The Bertz CT molecular complexity index is 529. The number of nitrogens with one attached hydrogen (secondary N) is 1. The van der Waals surface area contributed by atoms with Crippen molar-refractivity contribution in [2.24, 2.45) is 5.92 Å². The first-order chi connectivity index (χ1) is 9.56. The number of hydrogen-bond acceptors (Lipinski definition) is 5. The highest BCUT2D eigenvalue weighted by Gasteiger charge is 2.28. The Morgan fingerprint density at radius 3 is 3.10 bits per heavy atom. The normalized spacial score (nSPS) is 23.3. The molecule has 20 heavy (non-hydrogen) atoms. The van der Waals surface area contributed by atoms with Gasteiger partial charge in [0, 0.05) is 25.3 Å². The van der Waals surface area contributed by atoms with Gasteiger partial charge in [0.25, 0.3) is 0 Å². The first kappa shape index (κ1) is 15.4. The van der Waals surface area contributed by atoms with Crippen molar-refractivity contribution in [2.45, 2.75) is 37.3 Å². The molecular weight excluding hydrogens is 282 g/mol. The second-order valence-electron chi connectivity index (χ2n) is 4.88. The second-order valence-corrected chi connectivity index (χ2v) is 6.65. The van der Waals surface area contributed by atoms with Crippen LogP contribution in [0.5, 0.6) is 0 Å². The molecule has 2 unspecified atom stereocenters. The summed E-state index contributed by atoms with van der Waals surface area (Å²) in [5.74, 6) is 0.224. The predicted octanol–water partition coefficient (Wildman–Crippen LogP) is -0.0312. The molecule has 0 aliphatic carbocycles. The van der Waals surface area contributed by atoms with Crippen LogP contribution >= 0.6 is 0 Å². The Hall–Kier alpha value is -0.960. The number of sulfonamides is 1. The number of aliphatic hydroxyl groups excluding tert-OH is 1. The Morgan fingerprint density at radius 1 is 1.60 bits per heavy atom. The molecule has 2 heterocycles. The monoisotopic (exact) mass is 303 g/mol. The summed E-state index contributed by atoms with van der Waals surface area (Å²) in [6.07, 6.45) is 4.61. The summed E-state index contributed by atoms with van der Waals surface area (Å²) in [5, 5.41) is 12.7. The van der Waals surface area contributed by atoms with E-state index in [0.717, 1.165) is 12.8 Å². The van der Waals surface area contributed by atoms with Gasteiger partial charge in [-0.15, -0.1) is 0 Å². The van der Waals surface area contributed by atoms with Gasteiger partial charge in [0.15, 0.2) is 0 Å². The van der Waals surface area contributed by atoms with Crippen molar-refractivity contribution in [3.63, 3.8) is 0 Å². The number of aromatic nitrogens is 2. The van der Waals surface area contributed by atoms with Gasteiger partial charge in [0.2, 0.25) is 10.0 Å². The number of nitrogens with zero attached hydrogens (tertiary/aromatic N) is 2. The summed E-state index contributed by atoms with van der Waals surface area (Å²) in [5.41, 5.74) is 0. The molecule has 1 aromatic heterocycles. The van der Waals surface area contributed by atoms with Crippen LogP contribution in [0.4, 0.5) is 0 Å². The third kappa shape index (κ3) is 3.57. The third-order valence-corrected chi connectivity index (χ3v) is 4.91. The molecule has 1 aliphatic heterocycles. The lowest BCUT2D eigenvalue weighted by atomic mass is 10.0. The maximum absolute atomic E-state index is 12.1. The molecule has 1 aliphatic rings. The Balaban J connectivity index is 1.96. The van der Waals surface area contributed by atoms with Crippen LogP contribution in [0, 0.1) is 5.92 Å². The summed E-state index contributed by atoms with van der Waals surface area (Å²) in [7, 11) is -3.55. The number of rotatable bonds is 7. The first-order valence-corrected chi connectivity index (χ1v) is 8.29. The lowest BCUT2D eigenvalue weighted by Crippen LogP contribution is -2.32. The molecule has 2 N–H and O–H groups in total. The number of aliphatic hydroxyl groups is 1. The SMILES string of the molecule is CCC1OCCC1CNS(=O)(=O)c1cnn(CCO)c1. The van der Waals surface area contributed by atoms with Crippen molar-refractivity contribution in [3.8, 4) is 0 Å². The summed E-state index contributed by atoms with van der Waals surface area (Å²) >= 11 is 0. The fourth-order valence-electron chi connectivity index (χ4n) is 2.39. The van der Waals surface area contributed by atoms with Gasteiger partial charge in [0.05, 0.1) is 25.5 Å². The third-order valence-electron chi connectivity index (χ3n) is 3.53. The highest BCUT2D eigenvalue weighted by atomic mass is 32.2. The van der Waals surface area contributed by atoms with E-state index >= 15 is 0 Å². The van der Waals surface area contributed by atoms with E-state index in [9.17, 15) is 8.42 Å². The van der Waals surface area contributed by atoms with Crippen LogP contribution in [0.15, 0.2) is 17.3 Å². The topological polar surface area (TPSA) is 93.5 Å². The maximum Gasteiger partial charge on any atom is 0.243 e. The molecule has 1 aromatic rings. The van der Waals surface area contributed by atoms with Gasteiger partial charge in [-0.1, -0.05) is 6.92 Å². The van der Waals surface area contributed by atoms with Gasteiger partial charge in [-0.2, -0.15) is 5.10 Å². The lowest BCUT2D eigenvalue weighted by Gasteiger charge is -2.16. The average molecular weight is 303 g/mol. The molecule has 7 nitrogen and oxygen atoms in total. The maximum atomic E-state index is 12.1. The molecule has 114 valence electrons. The van der Waals surface area contributed by atoms with Crippen molar-refractivity contribution >= 4 is 10.0 Å². The lowest BCUT2D eigenvalue weighted by molar-refractivity contribution is 0.0884. The van der Waals surface area contributed by atoms with E-state index in [2.05, 4.69) is 9.82 Å². The smallest absolute Gasteiger partial charge is 0.243 e. The van der Waals surface area contributed by atoms with Crippen LogP contribution < -0.4 is 4.72 Å². The highest BCUT2D eigenvalue weighted by molar-refractivity contribution is 7.89. The molecular formula is C12H21N3O4S. The summed E-state index contributed by atoms with van der Waals surface area (Å²) in [6.45, 7) is 3.32. The van der Waals surface area contributed by atoms with Crippen molar-refractivity contribution < 1.29 is 18.3 Å². The Labute approximate surface area is 119 Å². The summed E-state index contributed by atoms with van der Waals surface area (Å²) in [6, 6.07) is 0. The largest absolute Gasteiger partial charge is 0.394 e. The van der Waals surface area contributed by atoms with Gasteiger partial charge in [-0.3, -0.25) is 4.68 Å². The van der Waals surface area contributed by atoms with Crippen LogP contribution in [0.3, 0.4) is 0 Å². The molecule has 0 bridgehead atoms. The van der Waals surface area contributed by atoms with Crippen molar-refractivity contribution in [3.05, 3.63) is 12.4 Å². The van der Waals surface area contributed by atoms with Crippen LogP contribution in [-0.4, -0.2) is 49.2 Å². The molecule has 0 aromatic carbocycles. The fraction of sp³-hybridized carbons (Fsp3) is 0.750. The minimum Gasteiger partial charge on any atom is -0.394 e. The predicted molar refractivity (Wildman–Crippen MR) is 72.6 cm³/mol. The van der Waals surface area contributed by atoms with Crippen molar-refractivity contribution in [1.82, 2.24) is 14.5 Å². The highest BCUT2D eigenvalue weighted by Crippen LogP contribution is 2.23. The van der Waals surface area contributed by atoms with Gasteiger partial charge in [-0.25, -0.2) is 13.1 Å². The second kappa shape index (κ2) is 6.66. The minimum atomic E-state index is -3.55. The van der Waals surface area contributed by atoms with Crippen LogP contribution in [0.2, 0.25) is 0 Å². The summed E-state index contributed by atoms with van der Waals surface area (Å²) in [4.78, 5) is 0.123. The zero-order valence-electron chi connectivity index (χ0n) is 11.5. The average Bonchev–Trinajstić information content (AvgIpc) is 3.05. The van der Waals surface area contributed by atoms with Crippen LogP contribution in [-0.2, 0) is 21.3 Å². The van der Waals surface area contributed by atoms with E-state index in [1.807, 2.05) is 6.92 Å². The quantitative estimate of drug-likeness (QED) is 0.738. The molecule has 1 saturated heterocycles. The van der Waals surface area contributed by atoms with E-state index in [1.54, 1.807) is 0 Å². The zero-order valence-corrected chi connectivity index (χ0v) is 12.3. The molecule has 1 fully saturated rings. The van der Waals surface area contributed by atoms with Gasteiger partial charge < -0.3 is 9.84 Å². The molecule has 0 radical (unpaired) electrons. The van der Waals surface area contributed by atoms with Gasteiger partial charge >= 0.3 is 0 Å². The fourth-order valence-corrected chi connectivity index (χ4v) is 3.43. The Kier molecular flexibility index (Phi) is 5.14. The van der Waals surface area contributed by atoms with Crippen LogP contribution in [0.25, 0.3) is 0 Å². The van der Waals surface area contributed by atoms with Crippen LogP contribution in [0.1, 0.15) is 19.8 Å². The van der Waals surface area contributed by atoms with E-state index in [0.29, 0.717) is 13.2 Å². The Morgan fingerprint density at radius 2 is 2.40 bits per heavy atom. The molecule has 0 spiro atoms. The van der Waals surface area contributed by atoms with E-state index < -0.39 is 10.0 Å². The molecule has 2 rings (SSSR count). The molecule has 8 heteroatoms.